The topological polar surface area (TPSA) is 69.6 Å². The second-order valence-corrected chi connectivity index (χ2v) is 5.70. The van der Waals surface area contributed by atoms with Crippen molar-refractivity contribution >= 4 is 33.6 Å². The van der Waals surface area contributed by atoms with Crippen LogP contribution in [0.2, 0.25) is 0 Å². The van der Waals surface area contributed by atoms with Crippen molar-refractivity contribution in [1.29, 1.82) is 0 Å². The zero-order chi connectivity index (χ0) is 16.0. The molecule has 0 saturated heterocycles. The molecule has 0 bridgehead atoms. The maximum Gasteiger partial charge on any atom is 0.322 e. The van der Waals surface area contributed by atoms with Gasteiger partial charge < -0.3 is 15.3 Å². The van der Waals surface area contributed by atoms with Gasteiger partial charge in [0.1, 0.15) is 5.82 Å². The van der Waals surface area contributed by atoms with Gasteiger partial charge in [-0.15, -0.1) is 0 Å². The zero-order valence-electron chi connectivity index (χ0n) is 11.9. The molecule has 2 N–H and O–H groups in total. The molecule has 1 aromatic rings. The molecule has 0 spiro atoms. The largest absolute Gasteiger partial charge is 0.481 e. The smallest absolute Gasteiger partial charge is 0.322 e. The molecule has 0 aliphatic carbocycles. The molecule has 0 unspecified atom stereocenters. The Hall–Kier alpha value is -1.63. The monoisotopic (exact) mass is 360 g/mol. The van der Waals surface area contributed by atoms with Crippen LogP contribution in [0.4, 0.5) is 14.9 Å². The molecule has 0 aliphatic rings. The highest BCUT2D eigenvalue weighted by Crippen LogP contribution is 2.20. The summed E-state index contributed by atoms with van der Waals surface area (Å²) in [5.41, 5.74) is 0.470. The fourth-order valence-corrected chi connectivity index (χ4v) is 2.14. The van der Waals surface area contributed by atoms with E-state index in [0.717, 1.165) is 0 Å². The number of hydrogen-bond acceptors (Lipinski definition) is 2. The van der Waals surface area contributed by atoms with Gasteiger partial charge in [-0.2, -0.15) is 0 Å². The van der Waals surface area contributed by atoms with E-state index >= 15 is 0 Å². The Balaban J connectivity index is 2.67. The van der Waals surface area contributed by atoms with Gasteiger partial charge in [0.15, 0.2) is 0 Å². The number of nitrogens with zero attached hydrogens (tertiary/aromatic N) is 1. The Morgan fingerprint density at radius 3 is 2.62 bits per heavy atom. The van der Waals surface area contributed by atoms with Crippen LogP contribution in [0, 0.1) is 5.82 Å². The molecule has 7 heteroatoms. The van der Waals surface area contributed by atoms with Crippen LogP contribution in [0.5, 0.6) is 0 Å². The first-order valence-electron chi connectivity index (χ1n) is 6.55. The van der Waals surface area contributed by atoms with Gasteiger partial charge in [0.2, 0.25) is 0 Å². The number of halogens is 2. The highest BCUT2D eigenvalue weighted by atomic mass is 79.9. The summed E-state index contributed by atoms with van der Waals surface area (Å²) in [6, 6.07) is 3.79. The number of anilines is 1. The van der Waals surface area contributed by atoms with E-state index in [4.69, 9.17) is 5.11 Å². The van der Waals surface area contributed by atoms with Crippen LogP contribution < -0.4 is 5.32 Å². The molecule has 0 fully saturated rings. The Morgan fingerprint density at radius 1 is 1.43 bits per heavy atom. The lowest BCUT2D eigenvalue weighted by atomic mass is 10.2. The number of carboxylic acids is 1. The number of carbonyl (C=O) groups is 2. The summed E-state index contributed by atoms with van der Waals surface area (Å²) in [5.74, 6) is -1.29. The Morgan fingerprint density at radius 2 is 2.10 bits per heavy atom. The van der Waals surface area contributed by atoms with Crippen molar-refractivity contribution in [1.82, 2.24) is 4.90 Å². The van der Waals surface area contributed by atoms with Crippen LogP contribution in [-0.2, 0) is 4.79 Å². The molecule has 0 aromatic heterocycles. The minimum absolute atomic E-state index is 0.0125. The van der Waals surface area contributed by atoms with E-state index < -0.39 is 11.8 Å². The van der Waals surface area contributed by atoms with Gasteiger partial charge in [-0.05, 0) is 54.4 Å². The highest BCUT2D eigenvalue weighted by Gasteiger charge is 2.17. The minimum Gasteiger partial charge on any atom is -0.481 e. The maximum absolute atomic E-state index is 13.1. The number of urea groups is 1. The molecule has 1 aromatic carbocycles. The van der Waals surface area contributed by atoms with Crippen LogP contribution in [0.1, 0.15) is 26.7 Å². The van der Waals surface area contributed by atoms with Crippen molar-refractivity contribution < 1.29 is 19.1 Å². The number of rotatable bonds is 6. The number of carbonyl (C=O) groups excluding carboxylic acids is 1. The van der Waals surface area contributed by atoms with Crippen LogP contribution in [0.15, 0.2) is 22.7 Å². The van der Waals surface area contributed by atoms with E-state index in [1.807, 2.05) is 13.8 Å². The lowest BCUT2D eigenvalue weighted by Gasteiger charge is -2.26. The third-order valence-electron chi connectivity index (χ3n) is 2.84. The first-order chi connectivity index (χ1) is 9.81. The van der Waals surface area contributed by atoms with Crippen LogP contribution in [-0.4, -0.2) is 34.6 Å². The van der Waals surface area contributed by atoms with Crippen molar-refractivity contribution in [2.75, 3.05) is 11.9 Å². The molecule has 5 nitrogen and oxygen atoms in total. The third-order valence-corrected chi connectivity index (χ3v) is 3.45. The molecule has 0 heterocycles. The van der Waals surface area contributed by atoms with E-state index in [1.165, 1.54) is 18.2 Å². The van der Waals surface area contributed by atoms with E-state index in [0.29, 0.717) is 18.7 Å². The van der Waals surface area contributed by atoms with E-state index in [1.54, 1.807) is 4.90 Å². The number of aliphatic carboxylic acids is 1. The Kier molecular flexibility index (Phi) is 6.61. The first kappa shape index (κ1) is 17.4. The Bertz CT molecular complexity index is 523. The molecule has 0 atom stereocenters. The summed E-state index contributed by atoms with van der Waals surface area (Å²) < 4.78 is 13.4. The second kappa shape index (κ2) is 7.97. The predicted octanol–water partition coefficient (Wildman–Crippen LogP) is 3.70. The van der Waals surface area contributed by atoms with Gasteiger partial charge in [0, 0.05) is 24.7 Å². The summed E-state index contributed by atoms with van der Waals surface area (Å²) in [6.07, 6.45) is 0.395. The lowest BCUT2D eigenvalue weighted by Crippen LogP contribution is -2.40. The van der Waals surface area contributed by atoms with Gasteiger partial charge in [-0.25, -0.2) is 9.18 Å². The highest BCUT2D eigenvalue weighted by molar-refractivity contribution is 9.10. The number of carboxylic acid groups (broad SMARTS) is 1. The Labute approximate surface area is 131 Å². The van der Waals surface area contributed by atoms with Crippen LogP contribution in [0.3, 0.4) is 0 Å². The lowest BCUT2D eigenvalue weighted by molar-refractivity contribution is -0.137. The van der Waals surface area contributed by atoms with Crippen molar-refractivity contribution in [3.63, 3.8) is 0 Å². The molecule has 116 valence electrons. The van der Waals surface area contributed by atoms with Gasteiger partial charge >= 0.3 is 12.0 Å². The zero-order valence-corrected chi connectivity index (χ0v) is 13.5. The first-order valence-corrected chi connectivity index (χ1v) is 7.35. The molecule has 2 amide bonds. The molecular formula is C14H18BrFN2O3. The van der Waals surface area contributed by atoms with Crippen molar-refractivity contribution in [2.24, 2.45) is 0 Å². The standard InChI is InChI=1S/C14H18BrFN2O3/c1-9(2)18(7-3-4-13(19)20)14(21)17-10-5-6-12(16)11(15)8-10/h5-6,8-9H,3-4,7H2,1-2H3,(H,17,21)(H,19,20). The molecule has 0 aliphatic heterocycles. The summed E-state index contributed by atoms with van der Waals surface area (Å²) in [4.78, 5) is 24.2. The molecule has 21 heavy (non-hydrogen) atoms. The minimum atomic E-state index is -0.887. The quantitative estimate of drug-likeness (QED) is 0.812. The number of benzene rings is 1. The van der Waals surface area contributed by atoms with Gasteiger partial charge in [-0.3, -0.25) is 4.79 Å². The number of hydrogen-bond donors (Lipinski definition) is 2. The molecule has 1 rings (SSSR count). The molecule has 0 saturated carbocycles. The van der Waals surface area contributed by atoms with E-state index in [-0.39, 0.29) is 23.0 Å². The molecule has 0 radical (unpaired) electrons. The summed E-state index contributed by atoms with van der Waals surface area (Å²) in [5, 5.41) is 11.3. The summed E-state index contributed by atoms with van der Waals surface area (Å²) >= 11 is 3.05. The SMILES string of the molecule is CC(C)N(CCCC(=O)O)C(=O)Nc1ccc(F)c(Br)c1. The van der Waals surface area contributed by atoms with E-state index in [9.17, 15) is 14.0 Å². The van der Waals surface area contributed by atoms with Crippen molar-refractivity contribution in [3.8, 4) is 0 Å². The second-order valence-electron chi connectivity index (χ2n) is 4.84. The van der Waals surface area contributed by atoms with Crippen LogP contribution in [0.25, 0.3) is 0 Å². The van der Waals surface area contributed by atoms with Crippen LogP contribution >= 0.6 is 15.9 Å². The van der Waals surface area contributed by atoms with Gasteiger partial charge in [0.25, 0.3) is 0 Å². The molecular weight excluding hydrogens is 343 g/mol. The van der Waals surface area contributed by atoms with Crippen molar-refractivity contribution in [2.45, 2.75) is 32.7 Å². The van der Waals surface area contributed by atoms with Crippen molar-refractivity contribution in [3.05, 3.63) is 28.5 Å². The normalized spacial score (nSPS) is 10.5. The van der Waals surface area contributed by atoms with Gasteiger partial charge in [0.05, 0.1) is 4.47 Å². The third kappa shape index (κ3) is 5.71. The van der Waals surface area contributed by atoms with Gasteiger partial charge in [-0.1, -0.05) is 0 Å². The summed E-state index contributed by atoms with van der Waals surface area (Å²) in [6.45, 7) is 4.04. The maximum atomic E-state index is 13.1. The number of nitrogens with one attached hydrogen (secondary N) is 1. The fourth-order valence-electron chi connectivity index (χ4n) is 1.76. The fraction of sp³-hybridized carbons (Fsp3) is 0.429. The summed E-state index contributed by atoms with van der Waals surface area (Å²) in [7, 11) is 0. The number of amides is 2. The van der Waals surface area contributed by atoms with E-state index in [2.05, 4.69) is 21.2 Å². The average Bonchev–Trinajstić information content (AvgIpc) is 2.38. The average molecular weight is 361 g/mol. The predicted molar refractivity (Wildman–Crippen MR) is 81.8 cm³/mol.